The van der Waals surface area contributed by atoms with Crippen LogP contribution in [0.3, 0.4) is 0 Å². The lowest BCUT2D eigenvalue weighted by molar-refractivity contribution is -0.131. The number of rotatable bonds is 7. The summed E-state index contributed by atoms with van der Waals surface area (Å²) in [5.74, 6) is 0.582. The molecule has 7 heteroatoms. The minimum Gasteiger partial charge on any atom is -0.338 e. The van der Waals surface area contributed by atoms with Gasteiger partial charge >= 0.3 is 6.03 Å². The van der Waals surface area contributed by atoms with Crippen molar-refractivity contribution >= 4 is 23.3 Å². The summed E-state index contributed by atoms with van der Waals surface area (Å²) in [6, 6.07) is 12.5. The molecule has 0 bridgehead atoms. The Bertz CT molecular complexity index is 869. The Balaban J connectivity index is 1.12. The molecule has 6 nitrogen and oxygen atoms in total. The fourth-order valence-corrected chi connectivity index (χ4v) is 5.39. The van der Waals surface area contributed by atoms with Crippen molar-refractivity contribution in [1.82, 2.24) is 20.4 Å². The highest BCUT2D eigenvalue weighted by atomic mass is 32.1. The van der Waals surface area contributed by atoms with Crippen molar-refractivity contribution in [3.8, 4) is 0 Å². The van der Waals surface area contributed by atoms with Gasteiger partial charge in [0.2, 0.25) is 5.91 Å². The molecule has 1 unspecified atom stereocenters. The molecular weight excluding hydrogens is 408 g/mol. The van der Waals surface area contributed by atoms with Crippen LogP contribution in [0.15, 0.2) is 41.8 Å². The number of likely N-dealkylation sites (tertiary alicyclic amines) is 1. The summed E-state index contributed by atoms with van der Waals surface area (Å²) in [7, 11) is 0. The highest BCUT2D eigenvalue weighted by Crippen LogP contribution is 2.24. The molecule has 1 aromatic heterocycles. The van der Waals surface area contributed by atoms with Gasteiger partial charge in [0.25, 0.3) is 0 Å². The number of piperidine rings is 1. The van der Waals surface area contributed by atoms with Crippen molar-refractivity contribution < 1.29 is 9.59 Å². The average Bonchev–Trinajstić information content (AvgIpc) is 3.26. The maximum atomic E-state index is 12.5. The molecule has 31 heavy (non-hydrogen) atoms. The predicted octanol–water partition coefficient (Wildman–Crippen LogP) is 3.23. The number of carbonyl (C=O) groups excluding carboxylic acids is 2. The number of urea groups is 1. The van der Waals surface area contributed by atoms with E-state index < -0.39 is 0 Å². The number of amides is 3. The first-order valence-electron chi connectivity index (χ1n) is 11.3. The van der Waals surface area contributed by atoms with Crippen molar-refractivity contribution in [3.05, 3.63) is 57.8 Å². The van der Waals surface area contributed by atoms with Gasteiger partial charge in [-0.3, -0.25) is 9.69 Å². The number of hydrogen-bond donors (Lipinski definition) is 2. The van der Waals surface area contributed by atoms with E-state index >= 15 is 0 Å². The van der Waals surface area contributed by atoms with Gasteiger partial charge in [-0.05, 0) is 54.3 Å². The van der Waals surface area contributed by atoms with E-state index in [0.29, 0.717) is 32.0 Å². The van der Waals surface area contributed by atoms with E-state index in [9.17, 15) is 9.59 Å². The molecule has 0 aliphatic carbocycles. The van der Waals surface area contributed by atoms with E-state index in [1.54, 1.807) is 11.3 Å². The summed E-state index contributed by atoms with van der Waals surface area (Å²) < 4.78 is 0. The first-order valence-corrected chi connectivity index (χ1v) is 12.2. The van der Waals surface area contributed by atoms with Gasteiger partial charge in [-0.1, -0.05) is 30.3 Å². The Kier molecular flexibility index (Phi) is 7.59. The van der Waals surface area contributed by atoms with Crippen molar-refractivity contribution in [1.29, 1.82) is 0 Å². The molecule has 1 saturated heterocycles. The molecule has 1 atom stereocenters. The Hall–Kier alpha value is -2.38. The highest BCUT2D eigenvalue weighted by Gasteiger charge is 2.22. The van der Waals surface area contributed by atoms with Gasteiger partial charge in [0, 0.05) is 50.6 Å². The Morgan fingerprint density at radius 3 is 2.84 bits per heavy atom. The lowest BCUT2D eigenvalue weighted by Crippen LogP contribution is -2.44. The molecule has 0 spiro atoms. The van der Waals surface area contributed by atoms with Crippen LogP contribution in [0.5, 0.6) is 0 Å². The summed E-state index contributed by atoms with van der Waals surface area (Å²) in [5, 5.41) is 7.94. The molecule has 0 radical (unpaired) electrons. The van der Waals surface area contributed by atoms with Gasteiger partial charge in [-0.15, -0.1) is 11.3 Å². The van der Waals surface area contributed by atoms with Crippen molar-refractivity contribution in [2.24, 2.45) is 5.92 Å². The highest BCUT2D eigenvalue weighted by molar-refractivity contribution is 7.10. The third-order valence-electron chi connectivity index (χ3n) is 6.19. The van der Waals surface area contributed by atoms with Crippen LogP contribution < -0.4 is 10.6 Å². The van der Waals surface area contributed by atoms with Crippen molar-refractivity contribution in [2.75, 3.05) is 32.7 Å². The van der Waals surface area contributed by atoms with E-state index in [1.165, 1.54) is 16.0 Å². The number of thiophene rings is 1. The van der Waals surface area contributed by atoms with E-state index in [4.69, 9.17) is 0 Å². The monoisotopic (exact) mass is 440 g/mol. The zero-order valence-corrected chi connectivity index (χ0v) is 18.8. The van der Waals surface area contributed by atoms with Crippen LogP contribution in [-0.2, 0) is 24.3 Å². The number of hydrogen-bond acceptors (Lipinski definition) is 4. The first-order chi connectivity index (χ1) is 15.2. The van der Waals surface area contributed by atoms with Crippen LogP contribution >= 0.6 is 11.3 Å². The lowest BCUT2D eigenvalue weighted by atomic mass is 9.97. The number of nitrogens with one attached hydrogen (secondary N) is 2. The summed E-state index contributed by atoms with van der Waals surface area (Å²) in [6.07, 6.45) is 3.59. The second-order valence-electron chi connectivity index (χ2n) is 8.55. The molecule has 3 heterocycles. The summed E-state index contributed by atoms with van der Waals surface area (Å²) in [4.78, 5) is 30.4. The maximum absolute atomic E-state index is 12.5. The Labute approximate surface area is 188 Å². The van der Waals surface area contributed by atoms with E-state index in [-0.39, 0.29) is 11.9 Å². The van der Waals surface area contributed by atoms with Gasteiger partial charge in [-0.2, -0.15) is 0 Å². The van der Waals surface area contributed by atoms with Gasteiger partial charge in [0.05, 0.1) is 0 Å². The molecule has 2 aliphatic heterocycles. The largest absolute Gasteiger partial charge is 0.338 e. The summed E-state index contributed by atoms with van der Waals surface area (Å²) in [5.41, 5.74) is 2.60. The van der Waals surface area contributed by atoms with Crippen molar-refractivity contribution in [2.45, 2.75) is 38.8 Å². The lowest BCUT2D eigenvalue weighted by Gasteiger charge is -2.32. The van der Waals surface area contributed by atoms with Gasteiger partial charge in [-0.25, -0.2) is 4.79 Å². The molecule has 2 aliphatic rings. The molecule has 3 amide bonds. The topological polar surface area (TPSA) is 64.7 Å². The van der Waals surface area contributed by atoms with Gasteiger partial charge < -0.3 is 15.5 Å². The molecule has 0 saturated carbocycles. The first kappa shape index (κ1) is 21.8. The van der Waals surface area contributed by atoms with Crippen LogP contribution in [0, 0.1) is 5.92 Å². The maximum Gasteiger partial charge on any atom is 0.314 e. The van der Waals surface area contributed by atoms with Gasteiger partial charge in [0.15, 0.2) is 0 Å². The summed E-state index contributed by atoms with van der Waals surface area (Å²) >= 11 is 1.77. The smallest absolute Gasteiger partial charge is 0.314 e. The minimum absolute atomic E-state index is 0.112. The number of fused-ring (bicyclic) bond motifs is 1. The number of benzene rings is 1. The van der Waals surface area contributed by atoms with Gasteiger partial charge in [0.1, 0.15) is 0 Å². The normalized spacial score (nSPS) is 19.0. The van der Waals surface area contributed by atoms with Crippen LogP contribution in [0.4, 0.5) is 4.79 Å². The standard InChI is InChI=1S/C24H32N4O2S/c29-23(28-13-9-22-21(18-28)10-14-31-22)8-11-25-24(30)26-15-20-7-4-12-27(17-20)16-19-5-2-1-3-6-19/h1-3,5-6,10,14,20H,4,7-9,11-13,15-18H2,(H2,25,26,30). The zero-order valence-electron chi connectivity index (χ0n) is 18.0. The molecule has 166 valence electrons. The molecule has 4 rings (SSSR count). The average molecular weight is 441 g/mol. The number of carbonyl (C=O) groups is 2. The fraction of sp³-hybridized carbons (Fsp3) is 0.500. The molecule has 2 N–H and O–H groups in total. The molecule has 1 aromatic carbocycles. The third kappa shape index (κ3) is 6.31. The summed E-state index contributed by atoms with van der Waals surface area (Å²) in [6.45, 7) is 5.62. The van der Waals surface area contributed by atoms with E-state index in [1.807, 2.05) is 11.0 Å². The number of nitrogens with zero attached hydrogens (tertiary/aromatic N) is 2. The second-order valence-corrected chi connectivity index (χ2v) is 9.55. The quantitative estimate of drug-likeness (QED) is 0.695. The Morgan fingerprint density at radius 1 is 1.10 bits per heavy atom. The van der Waals surface area contributed by atoms with Crippen LogP contribution in [0.25, 0.3) is 0 Å². The van der Waals surface area contributed by atoms with E-state index in [2.05, 4.69) is 51.2 Å². The Morgan fingerprint density at radius 2 is 1.97 bits per heavy atom. The molecule has 1 fully saturated rings. The molecule has 2 aromatic rings. The molecular formula is C24H32N4O2S. The van der Waals surface area contributed by atoms with Crippen LogP contribution in [0.1, 0.15) is 35.3 Å². The van der Waals surface area contributed by atoms with E-state index in [0.717, 1.165) is 45.4 Å². The predicted molar refractivity (Wildman–Crippen MR) is 124 cm³/mol. The second kappa shape index (κ2) is 10.8. The fourth-order valence-electron chi connectivity index (χ4n) is 4.51. The van der Waals surface area contributed by atoms with Crippen molar-refractivity contribution in [3.63, 3.8) is 0 Å². The van der Waals surface area contributed by atoms with Crippen LogP contribution in [0.2, 0.25) is 0 Å². The SMILES string of the molecule is O=C(NCCC(=O)N1CCc2sccc2C1)NCC1CCCN(Cc2ccccc2)C1. The third-order valence-corrected chi connectivity index (χ3v) is 7.21. The minimum atomic E-state index is -0.174. The zero-order chi connectivity index (χ0) is 21.5. The van der Waals surface area contributed by atoms with Crippen LogP contribution in [-0.4, -0.2) is 54.5 Å².